The van der Waals surface area contributed by atoms with Crippen LogP contribution in [0.2, 0.25) is 0 Å². The van der Waals surface area contributed by atoms with Crippen LogP contribution < -0.4 is 10.6 Å². The average Bonchev–Trinajstić information content (AvgIpc) is 2.94. The molecule has 0 aromatic carbocycles. The smallest absolute Gasteiger partial charge is 0.219 e. The molecule has 0 heterocycles. The van der Waals surface area contributed by atoms with Gasteiger partial charge in [0.1, 0.15) is 0 Å². The molecular formula is C36H74N2O. The van der Waals surface area contributed by atoms with E-state index in [-0.39, 0.29) is 5.91 Å². The molecule has 0 atom stereocenters. The summed E-state index contributed by atoms with van der Waals surface area (Å²) in [5.41, 5.74) is 0. The van der Waals surface area contributed by atoms with Crippen LogP contribution in [-0.4, -0.2) is 25.5 Å². The lowest BCUT2D eigenvalue weighted by Crippen LogP contribution is -2.23. The zero-order valence-corrected chi connectivity index (χ0v) is 27.2. The van der Waals surface area contributed by atoms with Crippen LogP contribution in [0, 0.1) is 0 Å². The molecule has 2 N–H and O–H groups in total. The molecule has 0 radical (unpaired) electrons. The lowest BCUT2D eigenvalue weighted by molar-refractivity contribution is -0.121. The lowest BCUT2D eigenvalue weighted by atomic mass is 10.0. The Morgan fingerprint density at radius 2 is 0.692 bits per heavy atom. The van der Waals surface area contributed by atoms with Crippen LogP contribution in [-0.2, 0) is 4.79 Å². The molecule has 0 aliphatic carbocycles. The summed E-state index contributed by atoms with van der Waals surface area (Å²) in [4.78, 5) is 12.0. The fourth-order valence-corrected chi connectivity index (χ4v) is 5.65. The third-order valence-electron chi connectivity index (χ3n) is 8.36. The number of nitrogens with one attached hydrogen (secondary N) is 2. The first-order valence-corrected chi connectivity index (χ1v) is 18.3. The third-order valence-corrected chi connectivity index (χ3v) is 8.36. The monoisotopic (exact) mass is 551 g/mol. The second kappa shape index (κ2) is 35.5. The lowest BCUT2D eigenvalue weighted by Gasteiger charge is -2.06. The van der Waals surface area contributed by atoms with Gasteiger partial charge in [0.2, 0.25) is 5.91 Å². The van der Waals surface area contributed by atoms with Crippen LogP contribution in [0.4, 0.5) is 0 Å². The van der Waals surface area contributed by atoms with Crippen molar-refractivity contribution in [1.82, 2.24) is 10.6 Å². The van der Waals surface area contributed by atoms with E-state index in [1.165, 1.54) is 180 Å². The number of carbonyl (C=O) groups is 1. The van der Waals surface area contributed by atoms with Crippen LogP contribution in [0.1, 0.15) is 206 Å². The van der Waals surface area contributed by atoms with Crippen molar-refractivity contribution in [2.24, 2.45) is 0 Å². The first-order valence-electron chi connectivity index (χ1n) is 18.3. The van der Waals surface area contributed by atoms with Gasteiger partial charge in [0, 0.05) is 13.0 Å². The summed E-state index contributed by atoms with van der Waals surface area (Å²) in [6.07, 6.45) is 40.6. The molecule has 234 valence electrons. The highest BCUT2D eigenvalue weighted by atomic mass is 16.1. The maximum atomic E-state index is 12.0. The molecule has 0 unspecified atom stereocenters. The van der Waals surface area contributed by atoms with Gasteiger partial charge in [0.25, 0.3) is 0 Å². The number of amides is 1. The van der Waals surface area contributed by atoms with Crippen LogP contribution in [0.5, 0.6) is 0 Å². The molecule has 0 saturated heterocycles. The fourth-order valence-electron chi connectivity index (χ4n) is 5.65. The number of unbranched alkanes of at least 4 members (excludes halogenated alkanes) is 27. The van der Waals surface area contributed by atoms with Crippen molar-refractivity contribution in [3.8, 4) is 0 Å². The molecule has 0 aliphatic heterocycles. The Morgan fingerprint density at radius 3 is 1.05 bits per heavy atom. The van der Waals surface area contributed by atoms with Gasteiger partial charge in [0.15, 0.2) is 0 Å². The molecule has 0 saturated carbocycles. The Morgan fingerprint density at radius 1 is 0.385 bits per heavy atom. The van der Waals surface area contributed by atoms with Gasteiger partial charge >= 0.3 is 0 Å². The van der Waals surface area contributed by atoms with Crippen LogP contribution in [0.3, 0.4) is 0 Å². The minimum Gasteiger partial charge on any atom is -0.356 e. The van der Waals surface area contributed by atoms with Gasteiger partial charge in [-0.2, -0.15) is 0 Å². The summed E-state index contributed by atoms with van der Waals surface area (Å²) < 4.78 is 0. The van der Waals surface area contributed by atoms with Gasteiger partial charge in [-0.15, -0.1) is 0 Å². The number of hydrogen-bond acceptors (Lipinski definition) is 2. The zero-order valence-electron chi connectivity index (χ0n) is 27.2. The summed E-state index contributed by atoms with van der Waals surface area (Å²) >= 11 is 0. The quantitative estimate of drug-likeness (QED) is 0.0782. The standard InChI is InChI=1S/C36H74N2O/c1-3-5-6-7-8-9-10-15-18-21-24-27-30-33-36(39)38-35-32-29-26-23-20-17-14-12-11-13-16-19-22-25-28-31-34-37-4-2/h37H,3-35H2,1-2H3,(H,38,39). The Bertz CT molecular complexity index is 453. The van der Waals surface area contributed by atoms with Crippen molar-refractivity contribution in [3.63, 3.8) is 0 Å². The van der Waals surface area contributed by atoms with E-state index in [9.17, 15) is 4.79 Å². The van der Waals surface area contributed by atoms with E-state index in [1.54, 1.807) is 0 Å². The van der Waals surface area contributed by atoms with E-state index in [0.717, 1.165) is 32.4 Å². The first kappa shape index (κ1) is 38.4. The number of hydrogen-bond donors (Lipinski definition) is 2. The van der Waals surface area contributed by atoms with Gasteiger partial charge in [-0.1, -0.05) is 181 Å². The molecule has 0 aromatic rings. The normalized spacial score (nSPS) is 11.3. The summed E-state index contributed by atoms with van der Waals surface area (Å²) in [5.74, 6) is 0.276. The van der Waals surface area contributed by atoms with Crippen molar-refractivity contribution in [2.45, 2.75) is 206 Å². The van der Waals surface area contributed by atoms with Gasteiger partial charge < -0.3 is 10.6 Å². The number of carbonyl (C=O) groups excluding carboxylic acids is 1. The van der Waals surface area contributed by atoms with Crippen LogP contribution in [0.25, 0.3) is 0 Å². The van der Waals surface area contributed by atoms with Gasteiger partial charge in [-0.3, -0.25) is 4.79 Å². The summed E-state index contributed by atoms with van der Waals surface area (Å²) in [6.45, 7) is 7.67. The molecule has 3 nitrogen and oxygen atoms in total. The van der Waals surface area contributed by atoms with Gasteiger partial charge in [-0.25, -0.2) is 0 Å². The fraction of sp³-hybridized carbons (Fsp3) is 0.972. The Balaban J connectivity index is 3.13. The average molecular weight is 551 g/mol. The van der Waals surface area contributed by atoms with Crippen LogP contribution in [0.15, 0.2) is 0 Å². The van der Waals surface area contributed by atoms with E-state index in [4.69, 9.17) is 0 Å². The summed E-state index contributed by atoms with van der Waals surface area (Å²) in [6, 6.07) is 0. The Hall–Kier alpha value is -0.570. The third kappa shape index (κ3) is 35.4. The topological polar surface area (TPSA) is 41.1 Å². The molecule has 0 aromatic heterocycles. The SMILES string of the molecule is CCCCCCCCCCCCCCCC(=O)NCCCCCCCCCCCCCCCCCCNCC. The summed E-state index contributed by atoms with van der Waals surface area (Å²) in [7, 11) is 0. The maximum Gasteiger partial charge on any atom is 0.219 e. The number of rotatable bonds is 34. The van der Waals surface area contributed by atoms with Crippen molar-refractivity contribution in [1.29, 1.82) is 0 Å². The van der Waals surface area contributed by atoms with E-state index < -0.39 is 0 Å². The molecule has 39 heavy (non-hydrogen) atoms. The molecule has 0 fully saturated rings. The van der Waals surface area contributed by atoms with Crippen molar-refractivity contribution < 1.29 is 4.79 Å². The van der Waals surface area contributed by atoms with E-state index in [2.05, 4.69) is 24.5 Å². The second-order valence-electron chi connectivity index (χ2n) is 12.4. The zero-order chi connectivity index (χ0) is 28.3. The highest BCUT2D eigenvalue weighted by Crippen LogP contribution is 2.14. The maximum absolute atomic E-state index is 12.0. The second-order valence-corrected chi connectivity index (χ2v) is 12.4. The predicted molar refractivity (Wildman–Crippen MR) is 176 cm³/mol. The van der Waals surface area contributed by atoms with Gasteiger partial charge in [-0.05, 0) is 32.4 Å². The van der Waals surface area contributed by atoms with Crippen molar-refractivity contribution in [3.05, 3.63) is 0 Å². The Kier molecular flexibility index (Phi) is 34.9. The molecule has 0 spiro atoms. The highest BCUT2D eigenvalue weighted by molar-refractivity contribution is 5.75. The largest absolute Gasteiger partial charge is 0.356 e. The molecule has 0 rings (SSSR count). The Labute approximate surface area is 247 Å². The molecule has 0 aliphatic rings. The van der Waals surface area contributed by atoms with Crippen molar-refractivity contribution in [2.75, 3.05) is 19.6 Å². The van der Waals surface area contributed by atoms with E-state index >= 15 is 0 Å². The predicted octanol–water partition coefficient (Wildman–Crippen LogP) is 11.4. The highest BCUT2D eigenvalue weighted by Gasteiger charge is 2.01. The summed E-state index contributed by atoms with van der Waals surface area (Å²) in [5, 5.41) is 6.55. The van der Waals surface area contributed by atoms with E-state index in [1.807, 2.05) is 0 Å². The minimum absolute atomic E-state index is 0.276. The molecular weight excluding hydrogens is 476 g/mol. The molecule has 3 heteroatoms. The van der Waals surface area contributed by atoms with Crippen molar-refractivity contribution >= 4 is 5.91 Å². The first-order chi connectivity index (χ1) is 19.3. The van der Waals surface area contributed by atoms with Crippen LogP contribution >= 0.6 is 0 Å². The van der Waals surface area contributed by atoms with Gasteiger partial charge in [0.05, 0.1) is 0 Å². The molecule has 1 amide bonds. The van der Waals surface area contributed by atoms with E-state index in [0.29, 0.717) is 0 Å². The molecule has 0 bridgehead atoms. The minimum atomic E-state index is 0.276.